The number of rotatable bonds is 6. The van der Waals surface area contributed by atoms with Crippen LogP contribution in [0, 0.1) is 10.1 Å². The number of anilines is 1. The van der Waals surface area contributed by atoms with E-state index in [0.717, 1.165) is 11.6 Å². The molecular formula is C26H20N2O8. The fraction of sp³-hybridized carbons (Fsp3) is 0.154. The van der Waals surface area contributed by atoms with Crippen LogP contribution in [0.5, 0.6) is 17.2 Å². The van der Waals surface area contributed by atoms with Gasteiger partial charge in [0, 0.05) is 6.08 Å². The van der Waals surface area contributed by atoms with Crippen LogP contribution in [0.2, 0.25) is 0 Å². The van der Waals surface area contributed by atoms with Crippen molar-refractivity contribution in [2.24, 2.45) is 0 Å². The maximum atomic E-state index is 13.2. The number of benzene rings is 3. The number of nitro groups is 1. The zero-order valence-corrected chi connectivity index (χ0v) is 18.9. The summed E-state index contributed by atoms with van der Waals surface area (Å²) in [5.74, 6) is -0.115. The van der Waals surface area contributed by atoms with Crippen LogP contribution in [0.25, 0.3) is 6.08 Å². The smallest absolute Gasteiger partial charge is 0.331 e. The zero-order valence-electron chi connectivity index (χ0n) is 18.9. The molecule has 3 aromatic carbocycles. The monoisotopic (exact) mass is 488 g/mol. The third kappa shape index (κ3) is 4.56. The van der Waals surface area contributed by atoms with Crippen molar-refractivity contribution < 1.29 is 33.5 Å². The number of esters is 1. The van der Waals surface area contributed by atoms with E-state index in [1.807, 2.05) is 36.4 Å². The number of hydrogen-bond acceptors (Lipinski definition) is 8. The first-order valence-electron chi connectivity index (χ1n) is 11.0. The molecule has 5 rings (SSSR count). The fourth-order valence-corrected chi connectivity index (χ4v) is 4.06. The highest BCUT2D eigenvalue weighted by atomic mass is 16.7. The van der Waals surface area contributed by atoms with Crippen LogP contribution in [-0.4, -0.2) is 36.8 Å². The lowest BCUT2D eigenvalue weighted by Crippen LogP contribution is -2.43. The van der Waals surface area contributed by atoms with Gasteiger partial charge in [-0.1, -0.05) is 42.5 Å². The second-order valence-electron chi connectivity index (χ2n) is 7.93. The second kappa shape index (κ2) is 9.79. The van der Waals surface area contributed by atoms with Crippen molar-refractivity contribution in [2.45, 2.75) is 6.04 Å². The number of fused-ring (bicyclic) bond motifs is 2. The topological polar surface area (TPSA) is 117 Å². The van der Waals surface area contributed by atoms with Gasteiger partial charge in [0.05, 0.1) is 28.3 Å². The molecule has 36 heavy (non-hydrogen) atoms. The Bertz CT molecular complexity index is 1360. The van der Waals surface area contributed by atoms with Gasteiger partial charge in [-0.25, -0.2) is 4.79 Å². The minimum absolute atomic E-state index is 0.0432. The van der Waals surface area contributed by atoms with Gasteiger partial charge in [0.25, 0.3) is 11.6 Å². The Balaban J connectivity index is 1.31. The minimum atomic E-state index is -0.826. The predicted octanol–water partition coefficient (Wildman–Crippen LogP) is 4.05. The van der Waals surface area contributed by atoms with Crippen molar-refractivity contribution in [1.82, 2.24) is 0 Å². The summed E-state index contributed by atoms with van der Waals surface area (Å²) in [5.41, 5.74) is 1.33. The Morgan fingerprint density at radius 2 is 1.72 bits per heavy atom. The summed E-state index contributed by atoms with van der Waals surface area (Å²) in [6, 6.07) is 18.8. The van der Waals surface area contributed by atoms with Crippen molar-refractivity contribution >= 4 is 29.3 Å². The van der Waals surface area contributed by atoms with Gasteiger partial charge in [0.2, 0.25) is 6.79 Å². The summed E-state index contributed by atoms with van der Waals surface area (Å²) >= 11 is 0. The van der Waals surface area contributed by atoms with Gasteiger partial charge in [-0.05, 0) is 29.8 Å². The molecule has 2 aliphatic heterocycles. The average molecular weight is 488 g/mol. The third-order valence-corrected chi connectivity index (χ3v) is 5.74. The molecule has 10 heteroatoms. The van der Waals surface area contributed by atoms with Crippen molar-refractivity contribution in [3.05, 3.63) is 94.0 Å². The Morgan fingerprint density at radius 3 is 2.50 bits per heavy atom. The van der Waals surface area contributed by atoms with Crippen LogP contribution in [0.3, 0.4) is 0 Å². The molecule has 0 radical (unpaired) electrons. The second-order valence-corrected chi connectivity index (χ2v) is 7.93. The summed E-state index contributed by atoms with van der Waals surface area (Å²) in [5, 5.41) is 11.4. The maximum absolute atomic E-state index is 13.2. The highest BCUT2D eigenvalue weighted by Gasteiger charge is 2.33. The van der Waals surface area contributed by atoms with Crippen molar-refractivity contribution in [3.8, 4) is 17.2 Å². The van der Waals surface area contributed by atoms with E-state index in [1.54, 1.807) is 23.1 Å². The first kappa shape index (κ1) is 22.9. The Morgan fingerprint density at radius 1 is 1.00 bits per heavy atom. The molecule has 0 fully saturated rings. The van der Waals surface area contributed by atoms with Crippen molar-refractivity contribution in [1.29, 1.82) is 0 Å². The van der Waals surface area contributed by atoms with E-state index >= 15 is 0 Å². The number of nitrogens with zero attached hydrogens (tertiary/aromatic N) is 2. The number of nitro benzene ring substituents is 1. The van der Waals surface area contributed by atoms with Gasteiger partial charge in [-0.3, -0.25) is 19.8 Å². The molecule has 182 valence electrons. The fourth-order valence-electron chi connectivity index (χ4n) is 4.06. The van der Waals surface area contributed by atoms with Gasteiger partial charge in [0.1, 0.15) is 12.4 Å². The molecule has 1 amide bonds. The summed E-state index contributed by atoms with van der Waals surface area (Å²) in [6.45, 7) is -0.322. The molecule has 0 bridgehead atoms. The predicted molar refractivity (Wildman–Crippen MR) is 128 cm³/mol. The van der Waals surface area contributed by atoms with Crippen molar-refractivity contribution in [3.63, 3.8) is 0 Å². The third-order valence-electron chi connectivity index (χ3n) is 5.74. The number of ether oxygens (including phenoxy) is 4. The normalized spacial score (nSPS) is 15.8. The molecule has 0 saturated carbocycles. The van der Waals surface area contributed by atoms with Gasteiger partial charge < -0.3 is 18.9 Å². The minimum Gasteiger partial charge on any atom is -0.489 e. The van der Waals surface area contributed by atoms with Crippen LogP contribution < -0.4 is 19.1 Å². The molecule has 1 atom stereocenters. The molecule has 3 aromatic rings. The number of carbonyl (C=O) groups is 2. The van der Waals surface area contributed by atoms with Gasteiger partial charge in [-0.2, -0.15) is 0 Å². The van der Waals surface area contributed by atoms with Crippen LogP contribution in [0.15, 0.2) is 72.8 Å². The molecule has 0 unspecified atom stereocenters. The summed E-state index contributed by atoms with van der Waals surface area (Å²) in [7, 11) is 0. The highest BCUT2D eigenvalue weighted by Crippen LogP contribution is 2.40. The SMILES string of the molecule is O=C(/C=C/c1cc2c(cc1[N+](=O)[O-])OCO2)OCC(=O)N1c2ccccc2OC[C@@H]1c1ccccc1. The standard InChI is InChI=1S/C26H20N2O8/c29-25(27-19-8-4-5-9-22(19)33-14-21(27)17-6-2-1-3-7-17)15-34-26(30)11-10-18-12-23-24(36-16-35-23)13-20(18)28(31)32/h1-13,21H,14-16H2/b11-10+/t21-/m1/s1. The molecule has 0 N–H and O–H groups in total. The Kier molecular flexibility index (Phi) is 6.23. The number of carbonyl (C=O) groups excluding carboxylic acids is 2. The lowest BCUT2D eigenvalue weighted by Gasteiger charge is -2.37. The highest BCUT2D eigenvalue weighted by molar-refractivity contribution is 5.98. The Hall–Kier alpha value is -4.86. The number of hydrogen-bond donors (Lipinski definition) is 0. The summed E-state index contributed by atoms with van der Waals surface area (Å²) in [4.78, 5) is 38.0. The van der Waals surface area contributed by atoms with Crippen LogP contribution >= 0.6 is 0 Å². The summed E-state index contributed by atoms with van der Waals surface area (Å²) in [6.07, 6.45) is 2.27. The molecule has 0 aromatic heterocycles. The molecular weight excluding hydrogens is 468 g/mol. The quantitative estimate of drug-likeness (QED) is 0.221. The van der Waals surface area contributed by atoms with Crippen LogP contribution in [0.4, 0.5) is 11.4 Å². The largest absolute Gasteiger partial charge is 0.489 e. The molecule has 0 saturated heterocycles. The molecule has 0 spiro atoms. The van der Waals surface area contributed by atoms with E-state index in [1.165, 1.54) is 18.2 Å². The van der Waals surface area contributed by atoms with E-state index in [2.05, 4.69) is 0 Å². The van der Waals surface area contributed by atoms with E-state index in [4.69, 9.17) is 18.9 Å². The van der Waals surface area contributed by atoms with Crippen molar-refractivity contribution in [2.75, 3.05) is 24.9 Å². The van der Waals surface area contributed by atoms with E-state index in [-0.39, 0.29) is 30.4 Å². The van der Waals surface area contributed by atoms with E-state index < -0.39 is 29.4 Å². The first-order chi connectivity index (χ1) is 17.5. The van der Waals surface area contributed by atoms with Gasteiger partial charge in [0.15, 0.2) is 18.1 Å². The zero-order chi connectivity index (χ0) is 25.1. The number of para-hydroxylation sites is 2. The lowest BCUT2D eigenvalue weighted by atomic mass is 10.0. The lowest BCUT2D eigenvalue weighted by molar-refractivity contribution is -0.385. The summed E-state index contributed by atoms with van der Waals surface area (Å²) < 4.78 is 21.5. The first-order valence-corrected chi connectivity index (χ1v) is 11.0. The molecule has 2 aliphatic rings. The molecule has 2 heterocycles. The van der Waals surface area contributed by atoms with E-state index in [0.29, 0.717) is 17.2 Å². The van der Waals surface area contributed by atoms with E-state index in [9.17, 15) is 19.7 Å². The van der Waals surface area contributed by atoms with Crippen LogP contribution in [0.1, 0.15) is 17.2 Å². The van der Waals surface area contributed by atoms with Gasteiger partial charge >= 0.3 is 5.97 Å². The van der Waals surface area contributed by atoms with Gasteiger partial charge in [-0.15, -0.1) is 0 Å². The molecule has 0 aliphatic carbocycles. The maximum Gasteiger partial charge on any atom is 0.331 e. The van der Waals surface area contributed by atoms with Crippen LogP contribution in [-0.2, 0) is 14.3 Å². The molecule has 10 nitrogen and oxygen atoms in total. The number of amides is 1. The average Bonchev–Trinajstić information content (AvgIpc) is 3.37. The Labute approximate surface area is 205 Å².